The van der Waals surface area contributed by atoms with Gasteiger partial charge >= 0.3 is 0 Å². The molecule has 1 heterocycles. The molecule has 36 heavy (non-hydrogen) atoms. The van der Waals surface area contributed by atoms with Gasteiger partial charge in [-0.3, -0.25) is 19.7 Å². The van der Waals surface area contributed by atoms with Crippen molar-refractivity contribution in [3.63, 3.8) is 0 Å². The fourth-order valence-electron chi connectivity index (χ4n) is 4.53. The first-order chi connectivity index (χ1) is 17.0. The number of amides is 3. The van der Waals surface area contributed by atoms with Gasteiger partial charge in [-0.15, -0.1) is 10.2 Å². The van der Waals surface area contributed by atoms with Crippen LogP contribution in [0, 0.1) is 11.8 Å². The van der Waals surface area contributed by atoms with Gasteiger partial charge in [0.2, 0.25) is 17.7 Å². The standard InChI is InChI=1S/C27H38N4O4S/c1-16(2)15-20(25-30-31-26(35-25)36-6)24(34)29-23(33)19-9-7-8-10-21(19)28-22(32)17-11-13-18(14-12-17)27(3,4)5/h11-14,16,19-21H,7-10,15H2,1-6H3,(H,28,32)(H,29,33,34)/t19-,20-,21+/m1/s1. The third kappa shape index (κ3) is 7.18. The Morgan fingerprint density at radius 1 is 1.08 bits per heavy atom. The van der Waals surface area contributed by atoms with E-state index >= 15 is 0 Å². The Balaban J connectivity index is 1.69. The second kappa shape index (κ2) is 12.0. The van der Waals surface area contributed by atoms with Gasteiger partial charge in [0, 0.05) is 11.6 Å². The number of carbonyl (C=O) groups is 3. The molecule has 0 unspecified atom stereocenters. The van der Waals surface area contributed by atoms with Crippen molar-refractivity contribution in [1.29, 1.82) is 0 Å². The smallest absolute Gasteiger partial charge is 0.276 e. The van der Waals surface area contributed by atoms with Crippen molar-refractivity contribution in [3.8, 4) is 0 Å². The number of imide groups is 1. The minimum atomic E-state index is -0.708. The van der Waals surface area contributed by atoms with E-state index in [0.29, 0.717) is 30.0 Å². The van der Waals surface area contributed by atoms with Crippen molar-refractivity contribution in [2.75, 3.05) is 6.26 Å². The van der Waals surface area contributed by atoms with Crippen LogP contribution in [0.3, 0.4) is 0 Å². The molecule has 3 rings (SSSR count). The summed E-state index contributed by atoms with van der Waals surface area (Å²) in [6, 6.07) is 7.24. The molecule has 8 nitrogen and oxygen atoms in total. The zero-order valence-corrected chi connectivity index (χ0v) is 22.9. The molecule has 3 amide bonds. The van der Waals surface area contributed by atoms with Gasteiger partial charge in [0.1, 0.15) is 5.92 Å². The fraction of sp³-hybridized carbons (Fsp3) is 0.593. The molecular weight excluding hydrogens is 476 g/mol. The Hall–Kier alpha value is -2.68. The van der Waals surface area contributed by atoms with Gasteiger partial charge < -0.3 is 9.73 Å². The van der Waals surface area contributed by atoms with E-state index in [9.17, 15) is 14.4 Å². The number of hydrogen-bond acceptors (Lipinski definition) is 7. The van der Waals surface area contributed by atoms with E-state index in [4.69, 9.17) is 4.42 Å². The van der Waals surface area contributed by atoms with E-state index in [-0.39, 0.29) is 35.1 Å². The van der Waals surface area contributed by atoms with E-state index < -0.39 is 17.7 Å². The summed E-state index contributed by atoms with van der Waals surface area (Å²) in [7, 11) is 0. The van der Waals surface area contributed by atoms with Gasteiger partial charge in [0.05, 0.1) is 5.92 Å². The molecular formula is C27H38N4O4S. The summed E-state index contributed by atoms with van der Waals surface area (Å²) in [6.45, 7) is 10.4. The average Bonchev–Trinajstić information content (AvgIpc) is 3.31. The lowest BCUT2D eigenvalue weighted by atomic mass is 9.83. The molecule has 0 bridgehead atoms. The van der Waals surface area contributed by atoms with Crippen molar-refractivity contribution in [1.82, 2.24) is 20.8 Å². The minimum Gasteiger partial charge on any atom is -0.415 e. The second-order valence-electron chi connectivity index (χ2n) is 10.9. The van der Waals surface area contributed by atoms with Crippen LogP contribution < -0.4 is 10.6 Å². The fourth-order valence-corrected chi connectivity index (χ4v) is 4.82. The van der Waals surface area contributed by atoms with E-state index in [1.54, 1.807) is 0 Å². The molecule has 0 radical (unpaired) electrons. The summed E-state index contributed by atoms with van der Waals surface area (Å²) in [5.74, 6) is -1.81. The summed E-state index contributed by atoms with van der Waals surface area (Å²) < 4.78 is 5.61. The van der Waals surface area contributed by atoms with E-state index in [1.165, 1.54) is 11.8 Å². The van der Waals surface area contributed by atoms with E-state index in [0.717, 1.165) is 18.4 Å². The maximum atomic E-state index is 13.2. The number of benzene rings is 1. The molecule has 196 valence electrons. The number of thioether (sulfide) groups is 1. The third-order valence-electron chi connectivity index (χ3n) is 6.60. The number of rotatable bonds is 8. The van der Waals surface area contributed by atoms with E-state index in [1.807, 2.05) is 44.4 Å². The van der Waals surface area contributed by atoms with Gasteiger partial charge in [-0.25, -0.2) is 0 Å². The molecule has 9 heteroatoms. The quantitative estimate of drug-likeness (QED) is 0.484. The monoisotopic (exact) mass is 514 g/mol. The molecule has 3 atom stereocenters. The van der Waals surface area contributed by atoms with Crippen LogP contribution in [0.15, 0.2) is 33.9 Å². The lowest BCUT2D eigenvalue weighted by molar-refractivity contribution is -0.135. The zero-order valence-electron chi connectivity index (χ0n) is 22.1. The molecule has 1 aromatic carbocycles. The third-order valence-corrected chi connectivity index (χ3v) is 7.11. The molecule has 0 spiro atoms. The molecule has 0 saturated heterocycles. The molecule has 1 saturated carbocycles. The molecule has 2 aromatic rings. The largest absolute Gasteiger partial charge is 0.415 e. The summed E-state index contributed by atoms with van der Waals surface area (Å²) >= 11 is 1.30. The minimum absolute atomic E-state index is 0.000299. The Kier molecular flexibility index (Phi) is 9.33. The van der Waals surface area contributed by atoms with Crippen LogP contribution in [0.4, 0.5) is 0 Å². The molecule has 1 aliphatic rings. The highest BCUT2D eigenvalue weighted by atomic mass is 32.2. The average molecular weight is 515 g/mol. The van der Waals surface area contributed by atoms with Crippen molar-refractivity contribution in [2.45, 2.75) is 89.3 Å². The first kappa shape index (κ1) is 27.9. The summed E-state index contributed by atoms with van der Waals surface area (Å²) in [5, 5.41) is 14.0. The highest BCUT2D eigenvalue weighted by molar-refractivity contribution is 7.98. The van der Waals surface area contributed by atoms with E-state index in [2.05, 4.69) is 41.6 Å². The van der Waals surface area contributed by atoms with Crippen LogP contribution in [0.2, 0.25) is 0 Å². The van der Waals surface area contributed by atoms with Crippen molar-refractivity contribution in [3.05, 3.63) is 41.3 Å². The molecule has 2 N–H and O–H groups in total. The highest BCUT2D eigenvalue weighted by Crippen LogP contribution is 2.28. The lowest BCUT2D eigenvalue weighted by Crippen LogP contribution is -2.50. The maximum absolute atomic E-state index is 13.2. The summed E-state index contributed by atoms with van der Waals surface area (Å²) in [5.41, 5.74) is 1.70. The van der Waals surface area contributed by atoms with Gasteiger partial charge in [-0.05, 0) is 54.5 Å². The first-order valence-electron chi connectivity index (χ1n) is 12.6. The van der Waals surface area contributed by atoms with Crippen LogP contribution in [0.1, 0.15) is 94.5 Å². The zero-order chi connectivity index (χ0) is 26.5. The first-order valence-corrected chi connectivity index (χ1v) is 13.9. The topological polar surface area (TPSA) is 114 Å². The van der Waals surface area contributed by atoms with Crippen LogP contribution in [0.25, 0.3) is 0 Å². The van der Waals surface area contributed by atoms with Gasteiger partial charge in [-0.2, -0.15) is 0 Å². The number of nitrogens with one attached hydrogen (secondary N) is 2. The summed E-state index contributed by atoms with van der Waals surface area (Å²) in [6.07, 6.45) is 5.38. The van der Waals surface area contributed by atoms with Crippen LogP contribution in [-0.2, 0) is 15.0 Å². The van der Waals surface area contributed by atoms with Gasteiger partial charge in [-0.1, -0.05) is 71.4 Å². The second-order valence-corrected chi connectivity index (χ2v) is 11.7. The van der Waals surface area contributed by atoms with Crippen LogP contribution in [0.5, 0.6) is 0 Å². The number of nitrogens with zero attached hydrogens (tertiary/aromatic N) is 2. The van der Waals surface area contributed by atoms with Gasteiger partial charge in [0.15, 0.2) is 0 Å². The SMILES string of the molecule is CSc1nnc([C@H](CC(C)C)C(=O)NC(=O)[C@@H]2CCCC[C@@H]2NC(=O)c2ccc(C(C)(C)C)cc2)o1. The normalized spacial score (nSPS) is 19.1. The summed E-state index contributed by atoms with van der Waals surface area (Å²) in [4.78, 5) is 39.3. The van der Waals surface area contributed by atoms with Crippen LogP contribution in [-0.4, -0.2) is 40.2 Å². The predicted molar refractivity (Wildman–Crippen MR) is 140 cm³/mol. The molecule has 1 aromatic heterocycles. The molecule has 0 aliphatic heterocycles. The van der Waals surface area contributed by atoms with Gasteiger partial charge in [0.25, 0.3) is 11.1 Å². The number of hydrogen-bond donors (Lipinski definition) is 2. The highest BCUT2D eigenvalue weighted by Gasteiger charge is 2.35. The molecule has 1 aliphatic carbocycles. The lowest BCUT2D eigenvalue weighted by Gasteiger charge is -2.31. The maximum Gasteiger partial charge on any atom is 0.276 e. The number of aromatic nitrogens is 2. The van der Waals surface area contributed by atoms with Crippen LogP contribution >= 0.6 is 11.8 Å². The van der Waals surface area contributed by atoms with Crippen molar-refractivity contribution in [2.24, 2.45) is 11.8 Å². The molecule has 1 fully saturated rings. The number of carbonyl (C=O) groups excluding carboxylic acids is 3. The Morgan fingerprint density at radius 2 is 1.75 bits per heavy atom. The Morgan fingerprint density at radius 3 is 2.33 bits per heavy atom. The van der Waals surface area contributed by atoms with Crippen molar-refractivity contribution >= 4 is 29.5 Å². The predicted octanol–water partition coefficient (Wildman–Crippen LogP) is 4.85. The Labute approximate surface area is 217 Å². The van der Waals surface area contributed by atoms with Crippen molar-refractivity contribution < 1.29 is 18.8 Å². The Bertz CT molecular complexity index is 1060.